The molecule has 10 heteroatoms. The van der Waals surface area contributed by atoms with Crippen LogP contribution >= 0.6 is 0 Å². The van der Waals surface area contributed by atoms with Gasteiger partial charge in [-0.2, -0.15) is 9.61 Å². The van der Waals surface area contributed by atoms with Crippen molar-refractivity contribution >= 4 is 23.5 Å². The predicted molar refractivity (Wildman–Crippen MR) is 111 cm³/mol. The average molecular weight is 427 g/mol. The van der Waals surface area contributed by atoms with Gasteiger partial charge in [0.1, 0.15) is 5.65 Å². The molecule has 0 bridgehead atoms. The molecule has 2 N–H and O–H groups in total. The van der Waals surface area contributed by atoms with E-state index >= 15 is 0 Å². The Kier molecular flexibility index (Phi) is 5.01. The summed E-state index contributed by atoms with van der Waals surface area (Å²) in [6, 6.07) is 0.0567. The summed E-state index contributed by atoms with van der Waals surface area (Å²) in [7, 11) is 0. The van der Waals surface area contributed by atoms with Crippen LogP contribution in [0, 0.1) is 5.92 Å². The zero-order valence-corrected chi connectivity index (χ0v) is 17.1. The quantitative estimate of drug-likeness (QED) is 0.644. The summed E-state index contributed by atoms with van der Waals surface area (Å²) in [6.07, 6.45) is 8.31. The SMILES string of the molecule is O=C(NC1CC1)c1c(O)n2ncc(/C=C/C(=O)N3CCOCC3)c2n(CC2CC2)c1=O. The fourth-order valence-electron chi connectivity index (χ4n) is 3.79. The van der Waals surface area contributed by atoms with Crippen molar-refractivity contribution in [2.45, 2.75) is 38.3 Å². The summed E-state index contributed by atoms with van der Waals surface area (Å²) in [5.41, 5.74) is 0.0833. The largest absolute Gasteiger partial charge is 0.492 e. The molecule has 5 rings (SSSR count). The van der Waals surface area contributed by atoms with Crippen molar-refractivity contribution in [1.29, 1.82) is 0 Å². The highest BCUT2D eigenvalue weighted by atomic mass is 16.5. The molecule has 31 heavy (non-hydrogen) atoms. The van der Waals surface area contributed by atoms with Gasteiger partial charge in [0.15, 0.2) is 5.56 Å². The minimum atomic E-state index is -0.577. The lowest BCUT2D eigenvalue weighted by molar-refractivity contribution is -0.129. The second kappa shape index (κ2) is 7.84. The Hall–Kier alpha value is -3.14. The highest BCUT2D eigenvalue weighted by molar-refractivity contribution is 5.97. The van der Waals surface area contributed by atoms with E-state index in [9.17, 15) is 19.5 Å². The van der Waals surface area contributed by atoms with Gasteiger partial charge in [0.25, 0.3) is 11.5 Å². The molecule has 0 atom stereocenters. The number of ether oxygens (including phenoxy) is 1. The molecule has 2 saturated carbocycles. The summed E-state index contributed by atoms with van der Waals surface area (Å²) < 4.78 is 7.99. The predicted octanol–water partition coefficient (Wildman–Crippen LogP) is 0.376. The maximum atomic E-state index is 13.2. The molecule has 0 radical (unpaired) electrons. The van der Waals surface area contributed by atoms with Crippen LogP contribution in [0.2, 0.25) is 0 Å². The molecule has 0 unspecified atom stereocenters. The van der Waals surface area contributed by atoms with Gasteiger partial charge in [-0.05, 0) is 37.7 Å². The van der Waals surface area contributed by atoms with Gasteiger partial charge in [-0.25, -0.2) is 0 Å². The maximum Gasteiger partial charge on any atom is 0.270 e. The number of hydrogen-bond acceptors (Lipinski definition) is 6. The molecule has 1 saturated heterocycles. The maximum absolute atomic E-state index is 13.2. The Morgan fingerprint density at radius 3 is 2.65 bits per heavy atom. The minimum Gasteiger partial charge on any atom is -0.492 e. The number of amides is 2. The number of carbonyl (C=O) groups excluding carboxylic acids is 2. The summed E-state index contributed by atoms with van der Waals surface area (Å²) in [4.78, 5) is 40.0. The first-order chi connectivity index (χ1) is 15.0. The third-order valence-electron chi connectivity index (χ3n) is 5.92. The van der Waals surface area contributed by atoms with E-state index in [0.717, 1.165) is 25.7 Å². The van der Waals surface area contributed by atoms with Crippen LogP contribution in [-0.2, 0) is 16.1 Å². The first-order valence-corrected chi connectivity index (χ1v) is 10.7. The molecule has 0 aromatic carbocycles. The second-order valence-corrected chi connectivity index (χ2v) is 8.41. The number of aromatic nitrogens is 3. The van der Waals surface area contributed by atoms with Crippen molar-refractivity contribution in [3.63, 3.8) is 0 Å². The van der Waals surface area contributed by atoms with Crippen LogP contribution in [0.3, 0.4) is 0 Å². The standard InChI is InChI=1S/C21H25N5O5/c27-16(24-7-9-31-10-8-24)6-3-14-11-22-26-19(14)25(12-13-1-2-13)20(29)17(21(26)30)18(28)23-15-4-5-15/h3,6,11,13,15,30H,1-2,4-5,7-10,12H2,(H,23,28)/b6-3+. The molecule has 3 fully saturated rings. The van der Waals surface area contributed by atoms with Crippen LogP contribution < -0.4 is 10.9 Å². The Morgan fingerprint density at radius 1 is 1.23 bits per heavy atom. The van der Waals surface area contributed by atoms with Gasteiger partial charge >= 0.3 is 0 Å². The minimum absolute atomic E-state index is 0.0567. The molecule has 2 aromatic heterocycles. The van der Waals surface area contributed by atoms with E-state index < -0.39 is 17.3 Å². The van der Waals surface area contributed by atoms with E-state index in [4.69, 9.17) is 4.74 Å². The van der Waals surface area contributed by atoms with Crippen molar-refractivity contribution in [3.05, 3.63) is 33.8 Å². The van der Waals surface area contributed by atoms with Gasteiger partial charge in [0, 0.05) is 37.3 Å². The van der Waals surface area contributed by atoms with Gasteiger partial charge in [-0.1, -0.05) is 0 Å². The topological polar surface area (TPSA) is 118 Å². The molecule has 164 valence electrons. The smallest absolute Gasteiger partial charge is 0.270 e. The molecular formula is C21H25N5O5. The molecule has 2 amide bonds. The van der Waals surface area contributed by atoms with Crippen LogP contribution in [0.4, 0.5) is 0 Å². The van der Waals surface area contributed by atoms with Gasteiger partial charge < -0.3 is 20.1 Å². The highest BCUT2D eigenvalue weighted by Gasteiger charge is 2.31. The van der Waals surface area contributed by atoms with E-state index in [-0.39, 0.29) is 17.5 Å². The molecule has 10 nitrogen and oxygen atoms in total. The van der Waals surface area contributed by atoms with Crippen molar-refractivity contribution in [2.75, 3.05) is 26.3 Å². The van der Waals surface area contributed by atoms with Crippen molar-refractivity contribution in [2.24, 2.45) is 5.92 Å². The van der Waals surface area contributed by atoms with Crippen LogP contribution in [0.5, 0.6) is 5.88 Å². The molecule has 2 aromatic rings. The van der Waals surface area contributed by atoms with E-state index in [1.54, 1.807) is 11.0 Å². The number of rotatable bonds is 6. The van der Waals surface area contributed by atoms with Gasteiger partial charge in [0.2, 0.25) is 11.8 Å². The van der Waals surface area contributed by atoms with E-state index in [2.05, 4.69) is 10.4 Å². The summed E-state index contributed by atoms with van der Waals surface area (Å²) in [5, 5.41) is 17.7. The Balaban J connectivity index is 1.54. The van der Waals surface area contributed by atoms with E-state index in [1.165, 1.54) is 21.4 Å². The lowest BCUT2D eigenvalue weighted by Gasteiger charge is -2.25. The molecular weight excluding hydrogens is 402 g/mol. The summed E-state index contributed by atoms with van der Waals surface area (Å²) in [6.45, 7) is 2.53. The van der Waals surface area contributed by atoms with E-state index in [1.807, 2.05) is 0 Å². The van der Waals surface area contributed by atoms with Gasteiger partial charge in [-0.15, -0.1) is 0 Å². The molecule has 2 aliphatic carbocycles. The summed E-state index contributed by atoms with van der Waals surface area (Å²) >= 11 is 0. The van der Waals surface area contributed by atoms with Crippen LogP contribution in [0.1, 0.15) is 41.6 Å². The average Bonchev–Trinajstić information content (AvgIpc) is 3.70. The number of carbonyl (C=O) groups is 2. The third-order valence-corrected chi connectivity index (χ3v) is 5.92. The molecule has 0 spiro atoms. The van der Waals surface area contributed by atoms with Crippen molar-refractivity contribution in [3.8, 4) is 5.88 Å². The van der Waals surface area contributed by atoms with Crippen molar-refractivity contribution < 1.29 is 19.4 Å². The van der Waals surface area contributed by atoms with Gasteiger partial charge in [-0.3, -0.25) is 19.0 Å². The Labute approximate surface area is 178 Å². The lowest BCUT2D eigenvalue weighted by atomic mass is 10.2. The number of nitrogens with zero attached hydrogens (tertiary/aromatic N) is 4. The number of fused-ring (bicyclic) bond motifs is 1. The van der Waals surface area contributed by atoms with Crippen molar-refractivity contribution in [1.82, 2.24) is 24.4 Å². The fraction of sp³-hybridized carbons (Fsp3) is 0.524. The molecule has 3 aliphatic rings. The van der Waals surface area contributed by atoms with Crippen LogP contribution in [0.15, 0.2) is 17.1 Å². The third kappa shape index (κ3) is 3.95. The molecule has 3 heterocycles. The van der Waals surface area contributed by atoms with Gasteiger partial charge in [0.05, 0.1) is 19.4 Å². The normalized spacial score (nSPS) is 19.3. The first kappa shape index (κ1) is 19.8. The number of aromatic hydroxyl groups is 1. The van der Waals surface area contributed by atoms with E-state index in [0.29, 0.717) is 50.0 Å². The lowest BCUT2D eigenvalue weighted by Crippen LogP contribution is -2.39. The first-order valence-electron chi connectivity index (χ1n) is 10.7. The molecule has 1 aliphatic heterocycles. The fourth-order valence-corrected chi connectivity index (χ4v) is 3.79. The van der Waals surface area contributed by atoms with Crippen LogP contribution in [-0.4, -0.2) is 68.3 Å². The second-order valence-electron chi connectivity index (χ2n) is 8.41. The number of morpholine rings is 1. The zero-order chi connectivity index (χ0) is 21.5. The monoisotopic (exact) mass is 427 g/mol. The van der Waals surface area contributed by atoms with Crippen LogP contribution in [0.25, 0.3) is 11.7 Å². The summed E-state index contributed by atoms with van der Waals surface area (Å²) in [5.74, 6) is -0.855. The Bertz CT molecular complexity index is 1120. The highest BCUT2D eigenvalue weighted by Crippen LogP contribution is 2.32. The number of nitrogens with one attached hydrogen (secondary N) is 1. The zero-order valence-electron chi connectivity index (χ0n) is 17.1. The Morgan fingerprint density at radius 2 is 1.97 bits per heavy atom. The number of hydrogen-bond donors (Lipinski definition) is 2.